The molecule has 0 saturated carbocycles. The van der Waals surface area contributed by atoms with Gasteiger partial charge in [-0.25, -0.2) is 9.97 Å². The Kier molecular flexibility index (Phi) is 4.90. The lowest BCUT2D eigenvalue weighted by Crippen LogP contribution is -2.46. The van der Waals surface area contributed by atoms with E-state index in [0.717, 1.165) is 25.2 Å². The fourth-order valence-electron chi connectivity index (χ4n) is 3.19. The van der Waals surface area contributed by atoms with Crippen LogP contribution in [0.2, 0.25) is 0 Å². The summed E-state index contributed by atoms with van der Waals surface area (Å²) in [7, 11) is 3.97. The largest absolute Gasteiger partial charge is 0.340 e. The highest BCUT2D eigenvalue weighted by atomic mass is 16.2. The van der Waals surface area contributed by atoms with E-state index >= 15 is 0 Å². The molecule has 5 nitrogen and oxygen atoms in total. The molecule has 2 heterocycles. The van der Waals surface area contributed by atoms with Crippen LogP contribution in [-0.2, 0) is 19.4 Å². The number of carbonyl (C=O) groups is 1. The minimum absolute atomic E-state index is 0.0232. The molecule has 126 valence electrons. The van der Waals surface area contributed by atoms with E-state index in [1.54, 1.807) is 17.3 Å². The summed E-state index contributed by atoms with van der Waals surface area (Å²) in [6.45, 7) is 3.62. The van der Waals surface area contributed by atoms with E-state index in [4.69, 9.17) is 0 Å². The second kappa shape index (κ2) is 7.09. The molecule has 1 amide bonds. The van der Waals surface area contributed by atoms with Gasteiger partial charge < -0.3 is 4.90 Å². The molecule has 24 heavy (non-hydrogen) atoms. The van der Waals surface area contributed by atoms with E-state index in [1.807, 2.05) is 14.0 Å². The van der Waals surface area contributed by atoms with Gasteiger partial charge in [-0.05, 0) is 24.6 Å². The summed E-state index contributed by atoms with van der Waals surface area (Å²) in [6.07, 6.45) is 5.00. The number of hydrogen-bond acceptors (Lipinski definition) is 4. The van der Waals surface area contributed by atoms with Crippen molar-refractivity contribution < 1.29 is 4.79 Å². The first-order valence-electron chi connectivity index (χ1n) is 8.42. The molecule has 5 heteroatoms. The summed E-state index contributed by atoms with van der Waals surface area (Å²) in [6, 6.07) is 8.87. The molecule has 0 spiro atoms. The van der Waals surface area contributed by atoms with Gasteiger partial charge in [0.1, 0.15) is 5.82 Å². The zero-order chi connectivity index (χ0) is 17.1. The maximum Gasteiger partial charge on any atom is 0.256 e. The van der Waals surface area contributed by atoms with Crippen LogP contribution in [-0.4, -0.2) is 52.4 Å². The summed E-state index contributed by atoms with van der Waals surface area (Å²) < 4.78 is 0. The van der Waals surface area contributed by atoms with E-state index in [0.29, 0.717) is 18.2 Å². The monoisotopic (exact) mass is 324 g/mol. The van der Waals surface area contributed by atoms with Gasteiger partial charge in [0, 0.05) is 45.0 Å². The number of benzene rings is 1. The number of amides is 1. The lowest BCUT2D eigenvalue weighted by atomic mass is 9.94. The van der Waals surface area contributed by atoms with Crippen molar-refractivity contribution in [2.75, 3.05) is 20.6 Å². The lowest BCUT2D eigenvalue weighted by molar-refractivity contribution is 0.0732. The molecule has 1 aromatic carbocycles. The van der Waals surface area contributed by atoms with E-state index < -0.39 is 0 Å². The van der Waals surface area contributed by atoms with Crippen LogP contribution in [0.4, 0.5) is 0 Å². The van der Waals surface area contributed by atoms with Gasteiger partial charge in [-0.1, -0.05) is 31.2 Å². The van der Waals surface area contributed by atoms with Crippen LogP contribution >= 0.6 is 0 Å². The predicted octanol–water partition coefficient (Wildman–Crippen LogP) is 2.17. The first kappa shape index (κ1) is 16.6. The molecule has 1 aromatic heterocycles. The Bertz CT molecular complexity index is 714. The van der Waals surface area contributed by atoms with Gasteiger partial charge >= 0.3 is 0 Å². The number of nitrogens with zero attached hydrogens (tertiary/aromatic N) is 4. The first-order chi connectivity index (χ1) is 11.6. The van der Waals surface area contributed by atoms with Crippen LogP contribution in [0, 0.1) is 0 Å². The van der Waals surface area contributed by atoms with Crippen molar-refractivity contribution in [3.63, 3.8) is 0 Å². The molecule has 0 radical (unpaired) electrons. The smallest absolute Gasteiger partial charge is 0.256 e. The molecule has 0 unspecified atom stereocenters. The minimum Gasteiger partial charge on any atom is -0.340 e. The Hall–Kier alpha value is -2.27. The maximum atomic E-state index is 12.6. The molecule has 0 N–H and O–H groups in total. The quantitative estimate of drug-likeness (QED) is 0.865. The maximum absolute atomic E-state index is 12.6. The van der Waals surface area contributed by atoms with Crippen LogP contribution in [0.15, 0.2) is 36.7 Å². The molecule has 0 saturated heterocycles. The standard InChI is InChI=1S/C19H24N4O/c1-4-18-20-10-16(11-21-18)19(24)23(3)13-17-9-14-7-5-6-8-15(14)12-22(17)2/h5-8,10-11,17H,4,9,12-13H2,1-3H3/t17-/m0/s1. The van der Waals surface area contributed by atoms with E-state index in [1.165, 1.54) is 11.1 Å². The third kappa shape index (κ3) is 3.46. The average molecular weight is 324 g/mol. The number of aromatic nitrogens is 2. The number of carbonyl (C=O) groups excluding carboxylic acids is 1. The third-order valence-corrected chi connectivity index (χ3v) is 4.72. The molecule has 0 fully saturated rings. The lowest BCUT2D eigenvalue weighted by Gasteiger charge is -2.36. The van der Waals surface area contributed by atoms with Crippen LogP contribution in [0.25, 0.3) is 0 Å². The van der Waals surface area contributed by atoms with Crippen LogP contribution in [0.5, 0.6) is 0 Å². The highest BCUT2D eigenvalue weighted by Gasteiger charge is 2.26. The fraction of sp³-hybridized carbons (Fsp3) is 0.421. The SMILES string of the molecule is CCc1ncc(C(=O)N(C)C[C@@H]2Cc3ccccc3CN2C)cn1. The first-order valence-corrected chi connectivity index (χ1v) is 8.42. The van der Waals surface area contributed by atoms with Crippen LogP contribution < -0.4 is 0 Å². The zero-order valence-corrected chi connectivity index (χ0v) is 14.6. The van der Waals surface area contributed by atoms with Crippen molar-refractivity contribution in [2.24, 2.45) is 0 Å². The summed E-state index contributed by atoms with van der Waals surface area (Å²) >= 11 is 0. The second-order valence-corrected chi connectivity index (χ2v) is 6.47. The number of aryl methyl sites for hydroxylation is 1. The van der Waals surface area contributed by atoms with Gasteiger partial charge in [0.05, 0.1) is 5.56 Å². The molecule has 1 atom stereocenters. The number of likely N-dealkylation sites (N-methyl/N-ethyl adjacent to an activating group) is 2. The van der Waals surface area contributed by atoms with Crippen LogP contribution in [0.1, 0.15) is 34.2 Å². The molecule has 1 aliphatic heterocycles. The van der Waals surface area contributed by atoms with Crippen molar-refractivity contribution in [2.45, 2.75) is 32.4 Å². The summed E-state index contributed by atoms with van der Waals surface area (Å²) in [5.41, 5.74) is 3.32. The van der Waals surface area contributed by atoms with Gasteiger partial charge in [0.2, 0.25) is 0 Å². The Morgan fingerprint density at radius 3 is 2.58 bits per heavy atom. The summed E-state index contributed by atoms with van der Waals surface area (Å²) in [5, 5.41) is 0. The molecule has 1 aliphatic rings. The van der Waals surface area contributed by atoms with Gasteiger partial charge in [-0.3, -0.25) is 9.69 Å². The number of hydrogen-bond donors (Lipinski definition) is 0. The van der Waals surface area contributed by atoms with Crippen LogP contribution in [0.3, 0.4) is 0 Å². The Balaban J connectivity index is 1.67. The molecule has 2 aromatic rings. The second-order valence-electron chi connectivity index (χ2n) is 6.47. The fourth-order valence-corrected chi connectivity index (χ4v) is 3.19. The van der Waals surface area contributed by atoms with Crippen molar-refractivity contribution in [1.82, 2.24) is 19.8 Å². The zero-order valence-electron chi connectivity index (χ0n) is 14.6. The molecule has 3 rings (SSSR count). The van der Waals surface area contributed by atoms with Crippen molar-refractivity contribution in [3.05, 3.63) is 59.2 Å². The highest BCUT2D eigenvalue weighted by Crippen LogP contribution is 2.22. The minimum atomic E-state index is -0.0232. The van der Waals surface area contributed by atoms with E-state index in [-0.39, 0.29) is 5.91 Å². The average Bonchev–Trinajstić information content (AvgIpc) is 2.61. The Morgan fingerprint density at radius 1 is 1.25 bits per heavy atom. The Morgan fingerprint density at radius 2 is 1.92 bits per heavy atom. The van der Waals surface area contributed by atoms with Gasteiger partial charge in [-0.15, -0.1) is 0 Å². The van der Waals surface area contributed by atoms with Gasteiger partial charge in [0.15, 0.2) is 0 Å². The van der Waals surface area contributed by atoms with E-state index in [9.17, 15) is 4.79 Å². The highest BCUT2D eigenvalue weighted by molar-refractivity contribution is 5.93. The normalized spacial score (nSPS) is 17.4. The number of fused-ring (bicyclic) bond motifs is 1. The molecular weight excluding hydrogens is 300 g/mol. The summed E-state index contributed by atoms with van der Waals surface area (Å²) in [5.74, 6) is 0.739. The van der Waals surface area contributed by atoms with Crippen molar-refractivity contribution in [3.8, 4) is 0 Å². The van der Waals surface area contributed by atoms with E-state index in [2.05, 4.69) is 46.2 Å². The van der Waals surface area contributed by atoms with Crippen molar-refractivity contribution in [1.29, 1.82) is 0 Å². The van der Waals surface area contributed by atoms with Gasteiger partial charge in [0.25, 0.3) is 5.91 Å². The molecular formula is C19H24N4O. The number of rotatable bonds is 4. The third-order valence-electron chi connectivity index (χ3n) is 4.72. The van der Waals surface area contributed by atoms with Gasteiger partial charge in [-0.2, -0.15) is 0 Å². The summed E-state index contributed by atoms with van der Waals surface area (Å²) in [4.78, 5) is 25.1. The molecule has 0 aliphatic carbocycles. The van der Waals surface area contributed by atoms with Crippen molar-refractivity contribution >= 4 is 5.91 Å². The molecule has 0 bridgehead atoms. The Labute approximate surface area is 143 Å². The predicted molar refractivity (Wildman–Crippen MR) is 93.8 cm³/mol. The topological polar surface area (TPSA) is 49.3 Å².